The third-order valence-electron chi connectivity index (χ3n) is 5.32. The van der Waals surface area contributed by atoms with Crippen molar-refractivity contribution in [1.29, 1.82) is 0 Å². The smallest absolute Gasteiger partial charge is 0.267 e. The van der Waals surface area contributed by atoms with Gasteiger partial charge in [-0.05, 0) is 25.1 Å². The molecule has 2 aliphatic rings. The summed E-state index contributed by atoms with van der Waals surface area (Å²) in [6.45, 7) is 3.28. The molecule has 7 nitrogen and oxygen atoms in total. The first-order valence-corrected chi connectivity index (χ1v) is 9.53. The second-order valence-electron chi connectivity index (χ2n) is 7.24. The summed E-state index contributed by atoms with van der Waals surface area (Å²) in [5.41, 5.74) is 0.766. The van der Waals surface area contributed by atoms with Crippen molar-refractivity contribution in [3.8, 4) is 17.2 Å². The Morgan fingerprint density at radius 2 is 1.86 bits per heavy atom. The average molecular weight is 384 g/mol. The zero-order valence-corrected chi connectivity index (χ0v) is 16.1. The first kappa shape index (κ1) is 18.4. The third kappa shape index (κ3) is 3.69. The Labute approximate surface area is 163 Å². The Balaban J connectivity index is 1.33. The van der Waals surface area contributed by atoms with Gasteiger partial charge in [0.25, 0.3) is 11.5 Å². The summed E-state index contributed by atoms with van der Waals surface area (Å²) in [6, 6.07) is 10.7. The van der Waals surface area contributed by atoms with Crippen LogP contribution in [0.25, 0.3) is 0 Å². The van der Waals surface area contributed by atoms with Crippen LogP contribution in [0.1, 0.15) is 18.5 Å². The average Bonchev–Trinajstić information content (AvgIpc) is 2.71. The van der Waals surface area contributed by atoms with Crippen LogP contribution in [-0.4, -0.2) is 47.3 Å². The molecule has 0 unspecified atom stereocenters. The summed E-state index contributed by atoms with van der Waals surface area (Å²) in [4.78, 5) is 26.5. The van der Waals surface area contributed by atoms with E-state index < -0.39 is 6.10 Å². The fraction of sp³-hybridized carbons (Fsp3) is 0.429. The molecule has 1 aromatic heterocycles. The molecule has 1 fully saturated rings. The van der Waals surface area contributed by atoms with Crippen molar-refractivity contribution in [2.75, 3.05) is 19.7 Å². The van der Waals surface area contributed by atoms with Gasteiger partial charge in [0.05, 0.1) is 0 Å². The number of nitrogens with zero attached hydrogens (tertiary/aromatic N) is 2. The van der Waals surface area contributed by atoms with E-state index >= 15 is 0 Å². The first-order chi connectivity index (χ1) is 13.5. The highest BCUT2D eigenvalue weighted by atomic mass is 16.6. The van der Waals surface area contributed by atoms with Gasteiger partial charge in [0.15, 0.2) is 11.5 Å². The molecule has 0 bridgehead atoms. The molecule has 0 aliphatic carbocycles. The highest BCUT2D eigenvalue weighted by Crippen LogP contribution is 2.31. The normalized spacial score (nSPS) is 19.4. The number of aromatic nitrogens is 1. The number of likely N-dealkylation sites (tertiary alicyclic amines) is 1. The number of benzene rings is 1. The van der Waals surface area contributed by atoms with Crippen molar-refractivity contribution in [3.05, 3.63) is 52.4 Å². The predicted octanol–water partition coefficient (Wildman–Crippen LogP) is 1.90. The minimum absolute atomic E-state index is 0.0141. The van der Waals surface area contributed by atoms with Gasteiger partial charge in [0, 0.05) is 44.7 Å². The maximum atomic E-state index is 12.8. The number of ether oxygens (including phenoxy) is 3. The minimum atomic E-state index is -0.618. The van der Waals surface area contributed by atoms with Crippen molar-refractivity contribution < 1.29 is 19.0 Å². The van der Waals surface area contributed by atoms with Crippen LogP contribution in [0.2, 0.25) is 0 Å². The van der Waals surface area contributed by atoms with Gasteiger partial charge in [0.2, 0.25) is 6.10 Å². The molecule has 7 heteroatoms. The molecule has 0 spiro atoms. The van der Waals surface area contributed by atoms with Crippen LogP contribution in [0.4, 0.5) is 0 Å². The molecule has 1 saturated heterocycles. The third-order valence-corrected chi connectivity index (χ3v) is 5.32. The minimum Gasteiger partial charge on any atom is -0.490 e. The topological polar surface area (TPSA) is 70.0 Å². The molecule has 28 heavy (non-hydrogen) atoms. The molecule has 0 radical (unpaired) electrons. The molecule has 148 valence electrons. The number of hydrogen-bond acceptors (Lipinski definition) is 5. The quantitative estimate of drug-likeness (QED) is 0.809. The second-order valence-corrected chi connectivity index (χ2v) is 7.24. The van der Waals surface area contributed by atoms with E-state index in [0.717, 1.165) is 5.69 Å². The first-order valence-electron chi connectivity index (χ1n) is 9.53. The molecule has 2 aliphatic heterocycles. The Hall–Kier alpha value is -2.96. The van der Waals surface area contributed by atoms with Gasteiger partial charge in [0.1, 0.15) is 18.5 Å². The van der Waals surface area contributed by atoms with Gasteiger partial charge in [-0.3, -0.25) is 9.59 Å². The number of piperidine rings is 1. The molecule has 3 heterocycles. The van der Waals surface area contributed by atoms with Crippen molar-refractivity contribution in [3.63, 3.8) is 0 Å². The predicted molar refractivity (Wildman–Crippen MR) is 103 cm³/mol. The van der Waals surface area contributed by atoms with Crippen LogP contribution in [0.3, 0.4) is 0 Å². The highest BCUT2D eigenvalue weighted by Gasteiger charge is 2.33. The Morgan fingerprint density at radius 1 is 1.14 bits per heavy atom. The fourth-order valence-corrected chi connectivity index (χ4v) is 3.54. The van der Waals surface area contributed by atoms with Crippen molar-refractivity contribution in [2.45, 2.75) is 32.0 Å². The molecule has 2 aromatic rings. The number of aryl methyl sites for hydroxylation is 1. The Morgan fingerprint density at radius 3 is 2.57 bits per heavy atom. The number of pyridine rings is 1. The van der Waals surface area contributed by atoms with E-state index in [0.29, 0.717) is 43.2 Å². The largest absolute Gasteiger partial charge is 0.490 e. The van der Waals surface area contributed by atoms with Crippen LogP contribution >= 0.6 is 0 Å². The Kier molecular flexibility index (Phi) is 4.98. The van der Waals surface area contributed by atoms with Crippen LogP contribution < -0.4 is 19.8 Å². The standard InChI is InChI=1S/C21H24N2O5/c1-14-11-16(12-20(24)22(14)2)27-15-7-9-23(10-8-15)21(25)19-13-26-17-5-3-4-6-18(17)28-19/h3-6,11-12,15,19H,7-10,13H2,1-2H3/t19-/m1/s1. The van der Waals surface area contributed by atoms with E-state index in [4.69, 9.17) is 14.2 Å². The molecule has 4 rings (SSSR count). The van der Waals surface area contributed by atoms with Crippen LogP contribution in [0, 0.1) is 6.92 Å². The van der Waals surface area contributed by atoms with Crippen molar-refractivity contribution in [1.82, 2.24) is 9.47 Å². The van der Waals surface area contributed by atoms with Crippen molar-refractivity contribution in [2.24, 2.45) is 7.05 Å². The number of fused-ring (bicyclic) bond motifs is 1. The lowest BCUT2D eigenvalue weighted by Gasteiger charge is -2.35. The SMILES string of the molecule is Cc1cc(OC2CCN(C(=O)[C@H]3COc4ccccc4O3)CC2)cc(=O)n1C. The van der Waals surface area contributed by atoms with Gasteiger partial charge < -0.3 is 23.7 Å². The van der Waals surface area contributed by atoms with Gasteiger partial charge in [-0.15, -0.1) is 0 Å². The summed E-state index contributed by atoms with van der Waals surface area (Å²) >= 11 is 0. The summed E-state index contributed by atoms with van der Waals surface area (Å²) in [6.07, 6.45) is 0.792. The van der Waals surface area contributed by atoms with E-state index in [2.05, 4.69) is 0 Å². The molecule has 1 amide bonds. The number of para-hydroxylation sites is 2. The van der Waals surface area contributed by atoms with Gasteiger partial charge in [-0.2, -0.15) is 0 Å². The van der Waals surface area contributed by atoms with E-state index in [9.17, 15) is 9.59 Å². The lowest BCUT2D eigenvalue weighted by Crippen LogP contribution is -2.50. The lowest BCUT2D eigenvalue weighted by atomic mass is 10.1. The van der Waals surface area contributed by atoms with Crippen LogP contribution in [0.5, 0.6) is 17.2 Å². The number of hydrogen-bond donors (Lipinski definition) is 0. The number of carbonyl (C=O) groups is 1. The number of rotatable bonds is 3. The van der Waals surface area contributed by atoms with E-state index in [1.54, 1.807) is 22.6 Å². The van der Waals surface area contributed by atoms with Crippen LogP contribution in [-0.2, 0) is 11.8 Å². The molecule has 0 N–H and O–H groups in total. The molecule has 0 saturated carbocycles. The summed E-state index contributed by atoms with van der Waals surface area (Å²) in [5, 5.41) is 0. The number of carbonyl (C=O) groups excluding carboxylic acids is 1. The van der Waals surface area contributed by atoms with Gasteiger partial charge >= 0.3 is 0 Å². The maximum Gasteiger partial charge on any atom is 0.267 e. The van der Waals surface area contributed by atoms with Crippen LogP contribution in [0.15, 0.2) is 41.2 Å². The number of amides is 1. The zero-order chi connectivity index (χ0) is 19.7. The molecular formula is C21H24N2O5. The molecule has 1 atom stereocenters. The molecular weight excluding hydrogens is 360 g/mol. The van der Waals surface area contributed by atoms with E-state index in [1.165, 1.54) is 6.07 Å². The fourth-order valence-electron chi connectivity index (χ4n) is 3.54. The van der Waals surface area contributed by atoms with Crippen molar-refractivity contribution >= 4 is 5.91 Å². The van der Waals surface area contributed by atoms with E-state index in [-0.39, 0.29) is 24.2 Å². The zero-order valence-electron chi connectivity index (χ0n) is 16.1. The second kappa shape index (κ2) is 7.58. The van der Waals surface area contributed by atoms with Gasteiger partial charge in [-0.1, -0.05) is 12.1 Å². The van der Waals surface area contributed by atoms with Gasteiger partial charge in [-0.25, -0.2) is 0 Å². The monoisotopic (exact) mass is 384 g/mol. The summed E-state index contributed by atoms with van der Waals surface area (Å²) in [5.74, 6) is 1.80. The summed E-state index contributed by atoms with van der Waals surface area (Å²) in [7, 11) is 1.74. The maximum absolute atomic E-state index is 12.8. The van der Waals surface area contributed by atoms with E-state index in [1.807, 2.05) is 31.2 Å². The lowest BCUT2D eigenvalue weighted by molar-refractivity contribution is -0.143. The Bertz CT molecular complexity index is 931. The highest BCUT2D eigenvalue weighted by molar-refractivity contribution is 5.82. The molecule has 1 aromatic carbocycles. The summed E-state index contributed by atoms with van der Waals surface area (Å²) < 4.78 is 19.0.